The van der Waals surface area contributed by atoms with Crippen molar-refractivity contribution < 1.29 is 13.5 Å². The third-order valence-corrected chi connectivity index (χ3v) is 2.42. The van der Waals surface area contributed by atoms with Crippen LogP contribution in [0.4, 0.5) is 14.5 Å². The lowest BCUT2D eigenvalue weighted by Crippen LogP contribution is -1.95. The molecule has 0 fully saturated rings. The van der Waals surface area contributed by atoms with E-state index in [2.05, 4.69) is 0 Å². The highest BCUT2D eigenvalue weighted by molar-refractivity contribution is 6.30. The second kappa shape index (κ2) is 4.59. The molecule has 0 aliphatic heterocycles. The standard InChI is InChI=1S/C12H8ClF2NO/c13-8-6-7(4-5-9(8)14)17-11-3-1-2-10(15)12(11)16/h1-6H,16H2. The average molecular weight is 256 g/mol. The molecule has 2 N–H and O–H groups in total. The van der Waals surface area contributed by atoms with E-state index in [1.807, 2.05) is 0 Å². The first-order chi connectivity index (χ1) is 8.08. The number of nitrogen functional groups attached to an aromatic ring is 1. The Morgan fingerprint density at radius 3 is 2.53 bits per heavy atom. The molecule has 2 nitrogen and oxygen atoms in total. The average Bonchev–Trinajstić information content (AvgIpc) is 2.30. The van der Waals surface area contributed by atoms with Crippen molar-refractivity contribution in [2.75, 3.05) is 5.73 Å². The fourth-order valence-corrected chi connectivity index (χ4v) is 1.44. The van der Waals surface area contributed by atoms with Gasteiger partial charge in [-0.1, -0.05) is 17.7 Å². The Kier molecular flexibility index (Phi) is 3.15. The number of halogens is 3. The van der Waals surface area contributed by atoms with E-state index in [0.717, 1.165) is 6.07 Å². The lowest BCUT2D eigenvalue weighted by Gasteiger charge is -2.09. The van der Waals surface area contributed by atoms with Gasteiger partial charge in [0, 0.05) is 6.07 Å². The van der Waals surface area contributed by atoms with Gasteiger partial charge in [-0.3, -0.25) is 0 Å². The van der Waals surface area contributed by atoms with E-state index in [1.165, 1.54) is 30.3 Å². The lowest BCUT2D eigenvalue weighted by molar-refractivity contribution is 0.478. The molecule has 0 amide bonds. The fourth-order valence-electron chi connectivity index (χ4n) is 1.27. The molecule has 0 spiro atoms. The van der Waals surface area contributed by atoms with Crippen LogP contribution in [0.2, 0.25) is 5.02 Å². The Balaban J connectivity index is 2.31. The molecule has 2 rings (SSSR count). The molecule has 0 bridgehead atoms. The molecule has 88 valence electrons. The monoisotopic (exact) mass is 255 g/mol. The Bertz CT molecular complexity index is 560. The summed E-state index contributed by atoms with van der Waals surface area (Å²) < 4.78 is 31.4. The molecule has 17 heavy (non-hydrogen) atoms. The van der Waals surface area contributed by atoms with Gasteiger partial charge in [0.1, 0.15) is 23.1 Å². The zero-order valence-corrected chi connectivity index (χ0v) is 9.34. The molecular formula is C12H8ClF2NO. The van der Waals surface area contributed by atoms with E-state index >= 15 is 0 Å². The summed E-state index contributed by atoms with van der Waals surface area (Å²) in [6.07, 6.45) is 0. The molecule has 5 heteroatoms. The van der Waals surface area contributed by atoms with E-state index in [4.69, 9.17) is 22.1 Å². The van der Waals surface area contributed by atoms with E-state index < -0.39 is 11.6 Å². The summed E-state index contributed by atoms with van der Waals surface area (Å²) in [6, 6.07) is 8.03. The van der Waals surface area contributed by atoms with Crippen LogP contribution in [-0.2, 0) is 0 Å². The van der Waals surface area contributed by atoms with Gasteiger partial charge < -0.3 is 10.5 Å². The smallest absolute Gasteiger partial charge is 0.153 e. The molecular weight excluding hydrogens is 248 g/mol. The largest absolute Gasteiger partial charge is 0.455 e. The number of nitrogens with two attached hydrogens (primary N) is 1. The first-order valence-electron chi connectivity index (χ1n) is 4.75. The first-order valence-corrected chi connectivity index (χ1v) is 5.12. The van der Waals surface area contributed by atoms with E-state index in [9.17, 15) is 8.78 Å². The van der Waals surface area contributed by atoms with Crippen LogP contribution in [0.5, 0.6) is 11.5 Å². The summed E-state index contributed by atoms with van der Waals surface area (Å²) in [5.41, 5.74) is 5.39. The lowest BCUT2D eigenvalue weighted by atomic mass is 10.3. The minimum atomic E-state index is -0.573. The second-order valence-electron chi connectivity index (χ2n) is 3.33. The molecule has 0 aliphatic rings. The van der Waals surface area contributed by atoms with Gasteiger partial charge in [-0.05, 0) is 24.3 Å². The topological polar surface area (TPSA) is 35.2 Å². The maximum absolute atomic E-state index is 13.1. The first kappa shape index (κ1) is 11.7. The molecule has 0 heterocycles. The molecule has 0 saturated heterocycles. The molecule has 2 aromatic carbocycles. The zero-order valence-electron chi connectivity index (χ0n) is 8.58. The summed E-state index contributed by atoms with van der Waals surface area (Å²) >= 11 is 5.59. The Morgan fingerprint density at radius 2 is 1.82 bits per heavy atom. The minimum absolute atomic E-state index is 0.0718. The van der Waals surface area contributed by atoms with Crippen molar-refractivity contribution in [3.8, 4) is 11.5 Å². The van der Waals surface area contributed by atoms with Crippen LogP contribution in [0.15, 0.2) is 36.4 Å². The van der Waals surface area contributed by atoms with Crippen LogP contribution < -0.4 is 10.5 Å². The maximum atomic E-state index is 13.1. The van der Waals surface area contributed by atoms with E-state index in [-0.39, 0.29) is 22.2 Å². The SMILES string of the molecule is Nc1c(F)cccc1Oc1ccc(F)c(Cl)c1. The van der Waals surface area contributed by atoms with Crippen molar-refractivity contribution in [2.45, 2.75) is 0 Å². The number of ether oxygens (including phenoxy) is 1. The van der Waals surface area contributed by atoms with E-state index in [1.54, 1.807) is 0 Å². The van der Waals surface area contributed by atoms with Crippen LogP contribution >= 0.6 is 11.6 Å². The number of anilines is 1. The third kappa shape index (κ3) is 2.47. The Hall–Kier alpha value is -1.81. The third-order valence-electron chi connectivity index (χ3n) is 2.13. The number of rotatable bonds is 2. The Morgan fingerprint density at radius 1 is 1.06 bits per heavy atom. The van der Waals surface area contributed by atoms with Crippen molar-refractivity contribution in [2.24, 2.45) is 0 Å². The fraction of sp³-hybridized carbons (Fsp3) is 0. The second-order valence-corrected chi connectivity index (χ2v) is 3.74. The minimum Gasteiger partial charge on any atom is -0.455 e. The summed E-state index contributed by atoms with van der Waals surface area (Å²) in [7, 11) is 0. The van der Waals surface area contributed by atoms with Crippen molar-refractivity contribution in [1.82, 2.24) is 0 Å². The van der Waals surface area contributed by atoms with Crippen LogP contribution in [0.1, 0.15) is 0 Å². The van der Waals surface area contributed by atoms with Gasteiger partial charge in [0.2, 0.25) is 0 Å². The van der Waals surface area contributed by atoms with Gasteiger partial charge in [-0.15, -0.1) is 0 Å². The zero-order chi connectivity index (χ0) is 12.4. The quantitative estimate of drug-likeness (QED) is 0.824. The van der Waals surface area contributed by atoms with E-state index in [0.29, 0.717) is 0 Å². The maximum Gasteiger partial charge on any atom is 0.153 e. The molecule has 2 aromatic rings. The predicted octanol–water partition coefficient (Wildman–Crippen LogP) is 3.99. The van der Waals surface area contributed by atoms with Crippen molar-refractivity contribution >= 4 is 17.3 Å². The highest BCUT2D eigenvalue weighted by atomic mass is 35.5. The highest BCUT2D eigenvalue weighted by Gasteiger charge is 2.08. The Labute approximate surface area is 102 Å². The van der Waals surface area contributed by atoms with Gasteiger partial charge in [-0.2, -0.15) is 0 Å². The number of para-hydroxylation sites is 1. The van der Waals surface area contributed by atoms with Crippen LogP contribution in [-0.4, -0.2) is 0 Å². The van der Waals surface area contributed by atoms with Crippen LogP contribution in [0.25, 0.3) is 0 Å². The molecule has 0 aromatic heterocycles. The molecule has 0 unspecified atom stereocenters. The van der Waals surface area contributed by atoms with Gasteiger partial charge in [0.05, 0.1) is 5.02 Å². The molecule has 0 atom stereocenters. The van der Waals surface area contributed by atoms with Gasteiger partial charge in [-0.25, -0.2) is 8.78 Å². The van der Waals surface area contributed by atoms with Crippen molar-refractivity contribution in [3.63, 3.8) is 0 Å². The molecule has 0 radical (unpaired) electrons. The van der Waals surface area contributed by atoms with Crippen molar-refractivity contribution in [3.05, 3.63) is 53.1 Å². The summed E-state index contributed by atoms with van der Waals surface area (Å²) in [4.78, 5) is 0. The van der Waals surface area contributed by atoms with Crippen molar-refractivity contribution in [1.29, 1.82) is 0 Å². The molecule has 0 aliphatic carbocycles. The van der Waals surface area contributed by atoms with Crippen LogP contribution in [0, 0.1) is 11.6 Å². The normalized spacial score (nSPS) is 10.3. The van der Waals surface area contributed by atoms with Gasteiger partial charge >= 0.3 is 0 Å². The van der Waals surface area contributed by atoms with Gasteiger partial charge in [0.15, 0.2) is 5.75 Å². The summed E-state index contributed by atoms with van der Waals surface area (Å²) in [5.74, 6) is -0.677. The van der Waals surface area contributed by atoms with Crippen LogP contribution in [0.3, 0.4) is 0 Å². The number of hydrogen-bond donors (Lipinski definition) is 1. The summed E-state index contributed by atoms with van der Waals surface area (Å²) in [5, 5.41) is -0.0718. The number of hydrogen-bond acceptors (Lipinski definition) is 2. The van der Waals surface area contributed by atoms with Gasteiger partial charge in [0.25, 0.3) is 0 Å². The summed E-state index contributed by atoms with van der Waals surface area (Å²) in [6.45, 7) is 0. The predicted molar refractivity (Wildman–Crippen MR) is 62.3 cm³/mol. The molecule has 0 saturated carbocycles. The number of benzene rings is 2. The highest BCUT2D eigenvalue weighted by Crippen LogP contribution is 2.30.